The fourth-order valence-electron chi connectivity index (χ4n) is 1.63. The molecule has 0 heterocycles. The number of amides is 1. The molecule has 0 aliphatic carbocycles. The van der Waals surface area contributed by atoms with Crippen LogP contribution in [-0.4, -0.2) is 32.8 Å². The first-order valence-electron chi connectivity index (χ1n) is 6.18. The number of rotatable bonds is 6. The summed E-state index contributed by atoms with van der Waals surface area (Å²) in [4.78, 5) is 21.9. The zero-order valence-corrected chi connectivity index (χ0v) is 12.4. The number of alkyl carbamates (subject to hydrolysis) is 1. The zero-order valence-electron chi connectivity index (χ0n) is 12.4. The van der Waals surface area contributed by atoms with E-state index in [2.05, 4.69) is 5.32 Å². The number of carboxylic acid groups (broad SMARTS) is 1. The van der Waals surface area contributed by atoms with Crippen molar-refractivity contribution < 1.29 is 28.9 Å². The van der Waals surface area contributed by atoms with Gasteiger partial charge in [0.2, 0.25) is 0 Å². The lowest BCUT2D eigenvalue weighted by Crippen LogP contribution is -2.40. The number of benzene rings is 1. The van der Waals surface area contributed by atoms with E-state index in [0.29, 0.717) is 17.1 Å². The van der Waals surface area contributed by atoms with Gasteiger partial charge in [-0.05, 0) is 26.0 Å². The third-order valence-corrected chi connectivity index (χ3v) is 2.77. The summed E-state index contributed by atoms with van der Waals surface area (Å²) in [5.74, 6) is -0.292. The van der Waals surface area contributed by atoms with E-state index in [4.69, 9.17) is 14.2 Å². The summed E-state index contributed by atoms with van der Waals surface area (Å²) < 4.78 is 15.5. The predicted molar refractivity (Wildman–Crippen MR) is 72.1 cm³/mol. The Morgan fingerprint density at radius 2 is 1.67 bits per heavy atom. The molecule has 1 aromatic carbocycles. The van der Waals surface area contributed by atoms with Gasteiger partial charge in [0.15, 0.2) is 0 Å². The van der Waals surface area contributed by atoms with E-state index in [-0.39, 0.29) is 0 Å². The zero-order chi connectivity index (χ0) is 16.0. The molecular weight excluding hydrogens is 278 g/mol. The molecule has 0 aromatic heterocycles. The molecule has 0 aliphatic heterocycles. The number of hydrogen-bond acceptors (Lipinski definition) is 6. The van der Waals surface area contributed by atoms with E-state index < -0.39 is 24.2 Å². The summed E-state index contributed by atoms with van der Waals surface area (Å²) in [7, 11) is 3.03. The van der Waals surface area contributed by atoms with Crippen LogP contribution >= 0.6 is 0 Å². The minimum Gasteiger partial charge on any atom is -0.548 e. The number of ether oxygens (including phenoxy) is 3. The highest BCUT2D eigenvalue weighted by molar-refractivity contribution is 5.75. The average molecular weight is 296 g/mol. The maximum Gasteiger partial charge on any atom is 0.408 e. The summed E-state index contributed by atoms with van der Waals surface area (Å²) in [6.07, 6.45) is -0.856. The van der Waals surface area contributed by atoms with Crippen LogP contribution in [0.3, 0.4) is 0 Å². The van der Waals surface area contributed by atoms with Gasteiger partial charge in [0.25, 0.3) is 0 Å². The van der Waals surface area contributed by atoms with Crippen molar-refractivity contribution >= 4 is 12.1 Å². The molecule has 0 radical (unpaired) electrons. The molecule has 7 heteroatoms. The minimum absolute atomic E-state index is 0.552. The SMILES string of the molecule is COc1cc(OC)cc(C(C)(C)OC(=O)NCC(=O)[O-])c1. The van der Waals surface area contributed by atoms with E-state index in [0.717, 1.165) is 0 Å². The van der Waals surface area contributed by atoms with Gasteiger partial charge in [-0.1, -0.05) is 0 Å². The molecule has 1 rings (SSSR count). The van der Waals surface area contributed by atoms with Gasteiger partial charge in [0, 0.05) is 11.6 Å². The normalized spacial score (nSPS) is 10.7. The van der Waals surface area contributed by atoms with Crippen molar-refractivity contribution in [3.05, 3.63) is 23.8 Å². The first-order valence-corrected chi connectivity index (χ1v) is 6.18. The van der Waals surface area contributed by atoms with Crippen LogP contribution in [0.5, 0.6) is 11.5 Å². The topological polar surface area (TPSA) is 96.9 Å². The van der Waals surface area contributed by atoms with Crippen LogP contribution in [0.2, 0.25) is 0 Å². The van der Waals surface area contributed by atoms with Crippen LogP contribution in [0, 0.1) is 0 Å². The maximum atomic E-state index is 11.6. The number of methoxy groups -OCH3 is 2. The second-order valence-corrected chi connectivity index (χ2v) is 4.73. The highest BCUT2D eigenvalue weighted by Gasteiger charge is 2.26. The Hall–Kier alpha value is -2.44. The Labute approximate surface area is 122 Å². The van der Waals surface area contributed by atoms with Crippen molar-refractivity contribution in [1.29, 1.82) is 0 Å². The van der Waals surface area contributed by atoms with Crippen molar-refractivity contribution in [3.63, 3.8) is 0 Å². The van der Waals surface area contributed by atoms with Crippen LogP contribution < -0.4 is 19.9 Å². The molecule has 0 unspecified atom stereocenters. The largest absolute Gasteiger partial charge is 0.548 e. The van der Waals surface area contributed by atoms with Gasteiger partial charge in [-0.15, -0.1) is 0 Å². The number of aliphatic carboxylic acids is 1. The molecule has 21 heavy (non-hydrogen) atoms. The average Bonchev–Trinajstić information content (AvgIpc) is 2.44. The Balaban J connectivity index is 2.90. The number of carbonyl (C=O) groups is 2. The Kier molecular flexibility index (Phi) is 5.40. The van der Waals surface area contributed by atoms with Gasteiger partial charge in [-0.3, -0.25) is 0 Å². The first-order chi connectivity index (χ1) is 9.78. The molecule has 116 valence electrons. The fourth-order valence-corrected chi connectivity index (χ4v) is 1.63. The second-order valence-electron chi connectivity index (χ2n) is 4.73. The van der Waals surface area contributed by atoms with E-state index in [1.165, 1.54) is 14.2 Å². The van der Waals surface area contributed by atoms with E-state index in [1.807, 2.05) is 0 Å². The molecular formula is C14H18NO6-. The lowest BCUT2D eigenvalue weighted by molar-refractivity contribution is -0.303. The molecule has 1 amide bonds. The van der Waals surface area contributed by atoms with Crippen molar-refractivity contribution in [2.75, 3.05) is 20.8 Å². The molecule has 0 bridgehead atoms. The number of carbonyl (C=O) groups excluding carboxylic acids is 2. The van der Waals surface area contributed by atoms with Gasteiger partial charge in [-0.2, -0.15) is 0 Å². The predicted octanol–water partition coefficient (Wildman–Crippen LogP) is 0.415. The molecule has 1 N–H and O–H groups in total. The van der Waals surface area contributed by atoms with Gasteiger partial charge in [-0.25, -0.2) is 4.79 Å². The Morgan fingerprint density at radius 1 is 1.14 bits per heavy atom. The summed E-state index contributed by atoms with van der Waals surface area (Å²) >= 11 is 0. The lowest BCUT2D eigenvalue weighted by atomic mass is 9.97. The third-order valence-electron chi connectivity index (χ3n) is 2.77. The Morgan fingerprint density at radius 3 is 2.10 bits per heavy atom. The summed E-state index contributed by atoms with van der Waals surface area (Å²) in [6, 6.07) is 5.10. The molecule has 7 nitrogen and oxygen atoms in total. The molecule has 0 atom stereocenters. The fraction of sp³-hybridized carbons (Fsp3) is 0.429. The summed E-state index contributed by atoms with van der Waals surface area (Å²) in [6.45, 7) is 2.72. The van der Waals surface area contributed by atoms with E-state index in [1.54, 1.807) is 32.0 Å². The van der Waals surface area contributed by atoms with Crippen LogP contribution in [0.1, 0.15) is 19.4 Å². The van der Waals surface area contributed by atoms with Crippen molar-refractivity contribution in [2.24, 2.45) is 0 Å². The van der Waals surface area contributed by atoms with Crippen LogP contribution in [0.4, 0.5) is 4.79 Å². The Bertz CT molecular complexity index is 504. The molecule has 0 fully saturated rings. The van der Waals surface area contributed by atoms with Crippen molar-refractivity contribution in [3.8, 4) is 11.5 Å². The second kappa shape index (κ2) is 6.83. The molecule has 0 saturated carbocycles. The highest BCUT2D eigenvalue weighted by atomic mass is 16.6. The first kappa shape index (κ1) is 16.6. The summed E-state index contributed by atoms with van der Waals surface area (Å²) in [5, 5.41) is 12.4. The van der Waals surface area contributed by atoms with Crippen LogP contribution in [0.25, 0.3) is 0 Å². The monoisotopic (exact) mass is 296 g/mol. The highest BCUT2D eigenvalue weighted by Crippen LogP contribution is 2.32. The number of nitrogens with one attached hydrogen (secondary N) is 1. The lowest BCUT2D eigenvalue weighted by Gasteiger charge is -2.26. The van der Waals surface area contributed by atoms with E-state index in [9.17, 15) is 14.7 Å². The maximum absolute atomic E-state index is 11.6. The minimum atomic E-state index is -1.40. The van der Waals surface area contributed by atoms with Gasteiger partial charge >= 0.3 is 6.09 Å². The number of hydrogen-bond donors (Lipinski definition) is 1. The molecule has 0 saturated heterocycles. The van der Waals surface area contributed by atoms with Gasteiger partial charge < -0.3 is 29.4 Å². The summed E-state index contributed by atoms with van der Waals surface area (Å²) in [5.41, 5.74) is -0.361. The molecule has 0 spiro atoms. The quantitative estimate of drug-likeness (QED) is 0.817. The van der Waals surface area contributed by atoms with Crippen molar-refractivity contribution in [2.45, 2.75) is 19.4 Å². The van der Waals surface area contributed by atoms with Gasteiger partial charge in [0.1, 0.15) is 17.1 Å². The number of carboxylic acids is 1. The van der Waals surface area contributed by atoms with Crippen molar-refractivity contribution in [1.82, 2.24) is 5.32 Å². The van der Waals surface area contributed by atoms with Gasteiger partial charge in [0.05, 0.1) is 26.7 Å². The van der Waals surface area contributed by atoms with E-state index >= 15 is 0 Å². The van der Waals surface area contributed by atoms with Crippen LogP contribution in [-0.2, 0) is 15.1 Å². The van der Waals surface area contributed by atoms with Crippen LogP contribution in [0.15, 0.2) is 18.2 Å². The molecule has 1 aromatic rings. The third kappa shape index (κ3) is 4.87. The smallest absolute Gasteiger partial charge is 0.408 e. The molecule has 0 aliphatic rings. The standard InChI is InChI=1S/C14H19NO6/c1-14(2,21-13(18)15-8-12(16)17)9-5-10(19-3)7-11(6-9)20-4/h5-7H,8H2,1-4H3,(H,15,18)(H,16,17)/p-1.